The Labute approximate surface area is 145 Å². The number of nitro benzene ring substituents is 1. The molecule has 0 amide bonds. The fourth-order valence-corrected chi connectivity index (χ4v) is 4.01. The summed E-state index contributed by atoms with van der Waals surface area (Å²) >= 11 is 0. The SMILES string of the molecule is CC1NC(C)C(C)(C(=O)O)C(c2ccccc2[N+](=O)[O-])C1(C)C(=O)O. The highest BCUT2D eigenvalue weighted by atomic mass is 16.6. The molecular formula is C17H22N2O6. The summed E-state index contributed by atoms with van der Waals surface area (Å²) < 4.78 is 0. The first-order valence-electron chi connectivity index (χ1n) is 7.95. The second-order valence-corrected chi connectivity index (χ2v) is 7.03. The predicted molar refractivity (Wildman–Crippen MR) is 89.4 cm³/mol. The molecule has 1 aliphatic rings. The number of benzene rings is 1. The molecule has 1 saturated heterocycles. The van der Waals surface area contributed by atoms with E-state index >= 15 is 0 Å². The zero-order chi connectivity index (χ0) is 19.2. The summed E-state index contributed by atoms with van der Waals surface area (Å²) in [5.41, 5.74) is -3.24. The number of carboxylic acids is 2. The normalized spacial score (nSPS) is 35.1. The van der Waals surface area contributed by atoms with Gasteiger partial charge in [0.1, 0.15) is 0 Å². The molecule has 0 radical (unpaired) electrons. The van der Waals surface area contributed by atoms with Crippen molar-refractivity contribution in [2.75, 3.05) is 0 Å². The number of nitrogens with one attached hydrogen (secondary N) is 1. The minimum atomic E-state index is -1.55. The van der Waals surface area contributed by atoms with Gasteiger partial charge in [-0.15, -0.1) is 0 Å². The maximum absolute atomic E-state index is 12.2. The molecule has 25 heavy (non-hydrogen) atoms. The van der Waals surface area contributed by atoms with E-state index in [0.717, 1.165) is 0 Å². The highest BCUT2D eigenvalue weighted by Crippen LogP contribution is 2.56. The molecule has 3 N–H and O–H groups in total. The van der Waals surface area contributed by atoms with Crippen LogP contribution in [0, 0.1) is 20.9 Å². The van der Waals surface area contributed by atoms with Crippen molar-refractivity contribution in [3.63, 3.8) is 0 Å². The van der Waals surface area contributed by atoms with Crippen LogP contribution >= 0.6 is 0 Å². The summed E-state index contributed by atoms with van der Waals surface area (Å²) in [5, 5.41) is 34.4. The molecule has 8 nitrogen and oxygen atoms in total. The van der Waals surface area contributed by atoms with Crippen molar-refractivity contribution in [1.82, 2.24) is 5.32 Å². The molecule has 0 bridgehead atoms. The Bertz CT molecular complexity index is 704. The van der Waals surface area contributed by atoms with Gasteiger partial charge in [-0.1, -0.05) is 18.2 Å². The van der Waals surface area contributed by atoms with Gasteiger partial charge in [-0.2, -0.15) is 0 Å². The van der Waals surface area contributed by atoms with E-state index in [4.69, 9.17) is 0 Å². The third-order valence-corrected chi connectivity index (χ3v) is 5.86. The summed E-state index contributed by atoms with van der Waals surface area (Å²) in [6.07, 6.45) is 0. The molecule has 4 atom stereocenters. The summed E-state index contributed by atoms with van der Waals surface area (Å²) in [6.45, 7) is 6.21. The van der Waals surface area contributed by atoms with Gasteiger partial charge in [-0.05, 0) is 27.7 Å². The number of aliphatic carboxylic acids is 2. The molecule has 1 aliphatic heterocycles. The van der Waals surface area contributed by atoms with Crippen LogP contribution in [0.25, 0.3) is 0 Å². The Morgan fingerprint density at radius 2 is 1.52 bits per heavy atom. The quantitative estimate of drug-likeness (QED) is 0.561. The van der Waals surface area contributed by atoms with Crippen molar-refractivity contribution >= 4 is 17.6 Å². The van der Waals surface area contributed by atoms with E-state index < -0.39 is 45.7 Å². The Balaban J connectivity index is 2.87. The van der Waals surface area contributed by atoms with Crippen LogP contribution in [0.2, 0.25) is 0 Å². The number of hydrogen-bond acceptors (Lipinski definition) is 5. The van der Waals surface area contributed by atoms with Crippen molar-refractivity contribution in [3.8, 4) is 0 Å². The van der Waals surface area contributed by atoms with E-state index in [9.17, 15) is 29.9 Å². The summed E-state index contributed by atoms with van der Waals surface area (Å²) in [6, 6.07) is 4.60. The Morgan fingerprint density at radius 3 is 1.92 bits per heavy atom. The molecule has 8 heteroatoms. The standard InChI is InChI=1S/C17H22N2O6/c1-9-16(3,14(20)21)13(17(4,15(22)23)10(2)18-9)11-7-5-6-8-12(11)19(24)25/h5-10,13,18H,1-4H3,(H,20,21)(H,22,23). The number of para-hydroxylation sites is 1. The number of carbonyl (C=O) groups is 2. The first-order valence-corrected chi connectivity index (χ1v) is 7.95. The molecule has 0 aliphatic carbocycles. The van der Waals surface area contributed by atoms with Gasteiger partial charge in [0, 0.05) is 29.6 Å². The van der Waals surface area contributed by atoms with Crippen molar-refractivity contribution in [3.05, 3.63) is 39.9 Å². The molecule has 1 heterocycles. The molecule has 4 unspecified atom stereocenters. The lowest BCUT2D eigenvalue weighted by Crippen LogP contribution is -2.67. The first kappa shape index (κ1) is 18.9. The predicted octanol–water partition coefficient (Wildman–Crippen LogP) is 2.24. The molecule has 2 rings (SSSR count). The lowest BCUT2D eigenvalue weighted by atomic mass is 9.53. The highest BCUT2D eigenvalue weighted by molar-refractivity contribution is 5.84. The zero-order valence-corrected chi connectivity index (χ0v) is 14.5. The average Bonchev–Trinajstić information content (AvgIpc) is 2.53. The zero-order valence-electron chi connectivity index (χ0n) is 14.5. The topological polar surface area (TPSA) is 130 Å². The Morgan fingerprint density at radius 1 is 1.08 bits per heavy atom. The maximum Gasteiger partial charge on any atom is 0.311 e. The monoisotopic (exact) mass is 350 g/mol. The smallest absolute Gasteiger partial charge is 0.311 e. The van der Waals surface area contributed by atoms with E-state index in [2.05, 4.69) is 5.32 Å². The third kappa shape index (κ3) is 2.57. The van der Waals surface area contributed by atoms with Crippen LogP contribution in [-0.4, -0.2) is 39.2 Å². The van der Waals surface area contributed by atoms with Crippen molar-refractivity contribution in [1.29, 1.82) is 0 Å². The third-order valence-electron chi connectivity index (χ3n) is 5.86. The number of nitro groups is 1. The van der Waals surface area contributed by atoms with Gasteiger partial charge < -0.3 is 15.5 Å². The van der Waals surface area contributed by atoms with E-state index in [0.29, 0.717) is 0 Å². The molecule has 0 spiro atoms. The summed E-state index contributed by atoms with van der Waals surface area (Å²) in [4.78, 5) is 35.2. The number of hydrogen-bond donors (Lipinski definition) is 3. The Hall–Kier alpha value is -2.48. The van der Waals surface area contributed by atoms with Crippen LogP contribution < -0.4 is 5.32 Å². The number of nitrogens with zero attached hydrogens (tertiary/aromatic N) is 1. The van der Waals surface area contributed by atoms with Crippen molar-refractivity contribution < 1.29 is 24.7 Å². The van der Waals surface area contributed by atoms with Gasteiger partial charge in [0.05, 0.1) is 15.8 Å². The van der Waals surface area contributed by atoms with Gasteiger partial charge >= 0.3 is 11.9 Å². The number of rotatable bonds is 4. The lowest BCUT2D eigenvalue weighted by Gasteiger charge is -2.54. The van der Waals surface area contributed by atoms with Crippen molar-refractivity contribution in [2.45, 2.75) is 45.7 Å². The molecule has 1 aromatic carbocycles. The largest absolute Gasteiger partial charge is 0.481 e. The first-order chi connectivity index (χ1) is 11.5. The van der Waals surface area contributed by atoms with Gasteiger partial charge in [-0.25, -0.2) is 0 Å². The van der Waals surface area contributed by atoms with E-state index in [1.807, 2.05) is 0 Å². The van der Waals surface area contributed by atoms with Crippen LogP contribution in [0.4, 0.5) is 5.69 Å². The van der Waals surface area contributed by atoms with E-state index in [1.54, 1.807) is 19.9 Å². The second kappa shape index (κ2) is 6.11. The second-order valence-electron chi connectivity index (χ2n) is 7.03. The molecule has 0 saturated carbocycles. The molecular weight excluding hydrogens is 328 g/mol. The van der Waals surface area contributed by atoms with Gasteiger partial charge in [-0.3, -0.25) is 19.7 Å². The summed E-state index contributed by atoms with van der Waals surface area (Å²) in [7, 11) is 0. The molecule has 1 fully saturated rings. The van der Waals surface area contributed by atoms with Crippen LogP contribution in [0.15, 0.2) is 24.3 Å². The molecule has 1 aromatic rings. The van der Waals surface area contributed by atoms with Crippen LogP contribution in [-0.2, 0) is 9.59 Å². The minimum absolute atomic E-state index is 0.127. The van der Waals surface area contributed by atoms with E-state index in [-0.39, 0.29) is 11.3 Å². The minimum Gasteiger partial charge on any atom is -0.481 e. The average molecular weight is 350 g/mol. The van der Waals surface area contributed by atoms with Crippen LogP contribution in [0.3, 0.4) is 0 Å². The number of carboxylic acid groups (broad SMARTS) is 2. The fraction of sp³-hybridized carbons (Fsp3) is 0.529. The van der Waals surface area contributed by atoms with Gasteiger partial charge in [0.2, 0.25) is 0 Å². The lowest BCUT2D eigenvalue weighted by molar-refractivity contribution is -0.386. The van der Waals surface area contributed by atoms with E-state index in [1.165, 1.54) is 32.0 Å². The van der Waals surface area contributed by atoms with Crippen LogP contribution in [0.1, 0.15) is 39.2 Å². The van der Waals surface area contributed by atoms with Crippen molar-refractivity contribution in [2.24, 2.45) is 10.8 Å². The molecule has 136 valence electrons. The maximum atomic E-state index is 12.2. The van der Waals surface area contributed by atoms with Gasteiger partial charge in [0.25, 0.3) is 5.69 Å². The highest BCUT2D eigenvalue weighted by Gasteiger charge is 2.64. The number of piperidine rings is 1. The van der Waals surface area contributed by atoms with Crippen LogP contribution in [0.5, 0.6) is 0 Å². The fourth-order valence-electron chi connectivity index (χ4n) is 4.01. The summed E-state index contributed by atoms with van der Waals surface area (Å²) in [5.74, 6) is -3.49. The Kier molecular flexibility index (Phi) is 4.61. The molecule has 0 aromatic heterocycles. The van der Waals surface area contributed by atoms with Gasteiger partial charge in [0.15, 0.2) is 0 Å².